The number of amides is 1. The van der Waals surface area contributed by atoms with Gasteiger partial charge in [0.25, 0.3) is 0 Å². The van der Waals surface area contributed by atoms with E-state index >= 15 is 0 Å². The van der Waals surface area contributed by atoms with Crippen LogP contribution >= 0.6 is 0 Å². The Morgan fingerprint density at radius 1 is 1.04 bits per heavy atom. The fourth-order valence-electron chi connectivity index (χ4n) is 3.57. The lowest BCUT2D eigenvalue weighted by Gasteiger charge is -2.27. The maximum Gasteiger partial charge on any atom is 0.241 e. The predicted molar refractivity (Wildman–Crippen MR) is 98.7 cm³/mol. The number of sulfonamides is 1. The lowest BCUT2D eigenvalue weighted by atomic mass is 9.82. The number of benzene rings is 2. The average Bonchev–Trinajstić information content (AvgIpc) is 2.65. The second-order valence-corrected chi connectivity index (χ2v) is 8.40. The summed E-state index contributed by atoms with van der Waals surface area (Å²) in [5.41, 5.74) is 0. The summed E-state index contributed by atoms with van der Waals surface area (Å²) in [6, 6.07) is 12.8. The number of carbonyl (C=O) groups excluding carboxylic acids is 1. The summed E-state index contributed by atoms with van der Waals surface area (Å²) < 4.78 is 28.2. The fraction of sp³-hybridized carbons (Fsp3) is 0.421. The van der Waals surface area contributed by atoms with Crippen molar-refractivity contribution in [2.45, 2.75) is 30.6 Å². The van der Waals surface area contributed by atoms with Gasteiger partial charge in [0, 0.05) is 24.9 Å². The van der Waals surface area contributed by atoms with Crippen LogP contribution in [-0.2, 0) is 14.8 Å². The van der Waals surface area contributed by atoms with Crippen LogP contribution in [0.1, 0.15) is 25.7 Å². The van der Waals surface area contributed by atoms with Gasteiger partial charge in [-0.15, -0.1) is 0 Å². The minimum Gasteiger partial charge on any atom is -0.359 e. The third-order valence-corrected chi connectivity index (χ3v) is 6.55. The zero-order chi connectivity index (χ0) is 17.9. The topological polar surface area (TPSA) is 75.3 Å². The van der Waals surface area contributed by atoms with E-state index in [0.29, 0.717) is 11.4 Å². The Morgan fingerprint density at radius 3 is 2.44 bits per heavy atom. The molecule has 0 spiro atoms. The lowest BCUT2D eigenvalue weighted by Crippen LogP contribution is -2.35. The van der Waals surface area contributed by atoms with E-state index in [4.69, 9.17) is 0 Å². The van der Waals surface area contributed by atoms with Gasteiger partial charge in [0.2, 0.25) is 15.9 Å². The van der Waals surface area contributed by atoms with E-state index in [1.54, 1.807) is 19.2 Å². The van der Waals surface area contributed by atoms with E-state index in [9.17, 15) is 13.2 Å². The minimum atomic E-state index is -3.55. The normalized spacial score (nSPS) is 21.2. The van der Waals surface area contributed by atoms with Crippen molar-refractivity contribution in [3.8, 4) is 0 Å². The van der Waals surface area contributed by atoms with Gasteiger partial charge in [-0.1, -0.05) is 36.4 Å². The van der Waals surface area contributed by atoms with E-state index < -0.39 is 10.0 Å². The molecule has 0 radical (unpaired) electrons. The summed E-state index contributed by atoms with van der Waals surface area (Å²) in [6.07, 6.45) is 3.38. The van der Waals surface area contributed by atoms with E-state index in [-0.39, 0.29) is 17.7 Å². The largest absolute Gasteiger partial charge is 0.359 e. The van der Waals surface area contributed by atoms with E-state index in [2.05, 4.69) is 10.0 Å². The number of hydrogen-bond donors (Lipinski definition) is 2. The highest BCUT2D eigenvalue weighted by Crippen LogP contribution is 2.29. The van der Waals surface area contributed by atoms with E-state index in [1.165, 1.54) is 0 Å². The first-order chi connectivity index (χ1) is 12.0. The second kappa shape index (κ2) is 7.54. The number of carbonyl (C=O) groups is 1. The first kappa shape index (κ1) is 17.9. The molecule has 25 heavy (non-hydrogen) atoms. The number of rotatable bonds is 5. The fourth-order valence-corrected chi connectivity index (χ4v) is 4.91. The Bertz CT molecular complexity index is 851. The van der Waals surface area contributed by atoms with E-state index in [0.717, 1.165) is 36.5 Å². The van der Waals surface area contributed by atoms with Crippen LogP contribution in [0.2, 0.25) is 0 Å². The summed E-state index contributed by atoms with van der Waals surface area (Å²) in [5.74, 6) is 0.441. The van der Waals surface area contributed by atoms with Crippen molar-refractivity contribution < 1.29 is 13.2 Å². The van der Waals surface area contributed by atoms with Crippen LogP contribution in [-0.4, -0.2) is 27.9 Å². The number of nitrogens with one attached hydrogen (secondary N) is 2. The van der Waals surface area contributed by atoms with Gasteiger partial charge in [-0.3, -0.25) is 4.79 Å². The Morgan fingerprint density at radius 2 is 1.72 bits per heavy atom. The predicted octanol–water partition coefficient (Wildman–Crippen LogP) is 2.67. The second-order valence-electron chi connectivity index (χ2n) is 6.66. The molecule has 0 saturated heterocycles. The molecule has 1 aliphatic carbocycles. The molecule has 0 aromatic heterocycles. The molecule has 0 aliphatic heterocycles. The summed E-state index contributed by atoms with van der Waals surface area (Å²) in [6.45, 7) is 0.423. The average molecular weight is 360 g/mol. The maximum atomic E-state index is 12.7. The van der Waals surface area contributed by atoms with Gasteiger partial charge in [-0.25, -0.2) is 13.1 Å². The molecule has 6 heteroatoms. The van der Waals surface area contributed by atoms with Crippen molar-refractivity contribution in [1.29, 1.82) is 0 Å². The van der Waals surface area contributed by atoms with Crippen LogP contribution in [0.4, 0.5) is 0 Å². The summed E-state index contributed by atoms with van der Waals surface area (Å²) >= 11 is 0. The molecule has 1 fully saturated rings. The Labute approximate surface area is 148 Å². The van der Waals surface area contributed by atoms with Crippen molar-refractivity contribution in [3.63, 3.8) is 0 Å². The van der Waals surface area contributed by atoms with Crippen molar-refractivity contribution in [2.24, 2.45) is 11.8 Å². The van der Waals surface area contributed by atoms with E-state index in [1.807, 2.05) is 30.3 Å². The Hall–Kier alpha value is -1.92. The monoisotopic (exact) mass is 360 g/mol. The third-order valence-electron chi connectivity index (χ3n) is 5.07. The Kier molecular flexibility index (Phi) is 5.39. The van der Waals surface area contributed by atoms with Gasteiger partial charge < -0.3 is 5.32 Å². The maximum absolute atomic E-state index is 12.7. The highest BCUT2D eigenvalue weighted by atomic mass is 32.2. The van der Waals surface area contributed by atoms with Crippen LogP contribution in [0.25, 0.3) is 10.8 Å². The highest BCUT2D eigenvalue weighted by Gasteiger charge is 2.27. The van der Waals surface area contributed by atoms with Gasteiger partial charge in [0.05, 0.1) is 4.90 Å². The molecular weight excluding hydrogens is 336 g/mol. The van der Waals surface area contributed by atoms with Crippen molar-refractivity contribution in [3.05, 3.63) is 42.5 Å². The first-order valence-corrected chi connectivity index (χ1v) is 10.2. The third kappa shape index (κ3) is 4.02. The zero-order valence-corrected chi connectivity index (χ0v) is 15.2. The molecule has 0 heterocycles. The van der Waals surface area contributed by atoms with Crippen LogP contribution in [0.5, 0.6) is 0 Å². The Balaban J connectivity index is 1.66. The van der Waals surface area contributed by atoms with Gasteiger partial charge in [0.15, 0.2) is 0 Å². The molecule has 2 N–H and O–H groups in total. The van der Waals surface area contributed by atoms with Gasteiger partial charge in [-0.2, -0.15) is 0 Å². The molecule has 1 saturated carbocycles. The highest BCUT2D eigenvalue weighted by molar-refractivity contribution is 7.89. The number of hydrogen-bond acceptors (Lipinski definition) is 3. The van der Waals surface area contributed by atoms with Crippen molar-refractivity contribution in [1.82, 2.24) is 10.0 Å². The molecule has 0 unspecified atom stereocenters. The lowest BCUT2D eigenvalue weighted by molar-refractivity contribution is -0.125. The molecule has 0 atom stereocenters. The van der Waals surface area contributed by atoms with Crippen molar-refractivity contribution >= 4 is 26.7 Å². The molecule has 134 valence electrons. The molecule has 5 nitrogen and oxygen atoms in total. The molecule has 1 aliphatic rings. The smallest absolute Gasteiger partial charge is 0.241 e. The minimum absolute atomic E-state index is 0.0657. The van der Waals surface area contributed by atoms with Gasteiger partial charge >= 0.3 is 0 Å². The zero-order valence-electron chi connectivity index (χ0n) is 14.4. The SMILES string of the molecule is CNC(=O)C1CCC(CNS(=O)(=O)c2cccc3ccccc23)CC1. The molecule has 0 bridgehead atoms. The van der Waals surface area contributed by atoms with Gasteiger partial charge in [-0.05, 0) is 43.1 Å². The molecule has 2 aromatic carbocycles. The first-order valence-electron chi connectivity index (χ1n) is 8.70. The van der Waals surface area contributed by atoms with Crippen molar-refractivity contribution in [2.75, 3.05) is 13.6 Å². The van der Waals surface area contributed by atoms with Crippen LogP contribution in [0.15, 0.2) is 47.4 Å². The molecular formula is C19H24N2O3S. The standard InChI is InChI=1S/C19H24N2O3S/c1-20-19(22)16-11-9-14(10-12-16)13-21-25(23,24)18-8-4-6-15-5-2-3-7-17(15)18/h2-8,14,16,21H,9-13H2,1H3,(H,20,22). The summed E-state index contributed by atoms with van der Waals surface area (Å²) in [7, 11) is -1.89. The molecule has 1 amide bonds. The molecule has 2 aromatic rings. The molecule has 3 rings (SSSR count). The van der Waals surface area contributed by atoms with Gasteiger partial charge in [0.1, 0.15) is 0 Å². The quantitative estimate of drug-likeness (QED) is 0.861. The summed E-state index contributed by atoms with van der Waals surface area (Å²) in [5, 5.41) is 4.34. The summed E-state index contributed by atoms with van der Waals surface area (Å²) in [4.78, 5) is 12.0. The number of fused-ring (bicyclic) bond motifs is 1. The van der Waals surface area contributed by atoms with Crippen LogP contribution in [0.3, 0.4) is 0 Å². The van der Waals surface area contributed by atoms with Crippen LogP contribution in [0, 0.1) is 11.8 Å². The van der Waals surface area contributed by atoms with Crippen LogP contribution < -0.4 is 10.0 Å².